The third kappa shape index (κ3) is 3.77. The Labute approximate surface area is 103 Å². The largest absolute Gasteiger partial charge is 0.483 e. The van der Waals surface area contributed by atoms with Crippen molar-refractivity contribution in [2.24, 2.45) is 0 Å². The molecule has 0 saturated heterocycles. The molecular formula is C14H21NO2. The smallest absolute Gasteiger partial charge is 0.259 e. The van der Waals surface area contributed by atoms with E-state index in [4.69, 9.17) is 4.74 Å². The van der Waals surface area contributed by atoms with Crippen LogP contribution in [0.4, 0.5) is 0 Å². The van der Waals surface area contributed by atoms with E-state index in [-0.39, 0.29) is 17.9 Å². The highest BCUT2D eigenvalue weighted by molar-refractivity contribution is 5.77. The normalized spacial score (nSPS) is 11.1. The maximum absolute atomic E-state index is 11.5. The van der Waals surface area contributed by atoms with Gasteiger partial charge in [-0.15, -0.1) is 0 Å². The van der Waals surface area contributed by atoms with Crippen molar-refractivity contribution in [1.29, 1.82) is 0 Å². The Morgan fingerprint density at radius 1 is 1.24 bits per heavy atom. The topological polar surface area (TPSA) is 29.5 Å². The zero-order valence-corrected chi connectivity index (χ0v) is 11.3. The molecule has 0 atom stereocenters. The Morgan fingerprint density at radius 2 is 1.82 bits per heavy atom. The minimum absolute atomic E-state index is 0.0117. The molecule has 0 radical (unpaired) electrons. The van der Waals surface area contributed by atoms with Crippen LogP contribution < -0.4 is 4.74 Å². The van der Waals surface area contributed by atoms with E-state index in [1.54, 1.807) is 14.1 Å². The number of benzene rings is 1. The van der Waals surface area contributed by atoms with Crippen molar-refractivity contribution in [3.63, 3.8) is 0 Å². The van der Waals surface area contributed by atoms with Gasteiger partial charge in [0.2, 0.25) is 0 Å². The summed E-state index contributed by atoms with van der Waals surface area (Å²) in [5.41, 5.74) is 1.13. The first kappa shape index (κ1) is 13.6. The lowest BCUT2D eigenvalue weighted by Crippen LogP contribution is -2.28. The van der Waals surface area contributed by atoms with Crippen molar-refractivity contribution >= 4 is 5.91 Å². The minimum Gasteiger partial charge on any atom is -0.483 e. The summed E-state index contributed by atoms with van der Waals surface area (Å²) in [4.78, 5) is 13.0. The lowest BCUT2D eigenvalue weighted by molar-refractivity contribution is -0.130. The fraction of sp³-hybridized carbons (Fsp3) is 0.500. The van der Waals surface area contributed by atoms with Crippen molar-refractivity contribution in [1.82, 2.24) is 4.90 Å². The van der Waals surface area contributed by atoms with Gasteiger partial charge in [-0.05, 0) is 17.0 Å². The van der Waals surface area contributed by atoms with Crippen LogP contribution in [0, 0.1) is 0 Å². The summed E-state index contributed by atoms with van der Waals surface area (Å²) >= 11 is 0. The Balaban J connectivity index is 2.82. The lowest BCUT2D eigenvalue weighted by Gasteiger charge is -2.22. The van der Waals surface area contributed by atoms with Gasteiger partial charge in [-0.1, -0.05) is 39.0 Å². The third-order valence-electron chi connectivity index (χ3n) is 2.55. The molecule has 1 rings (SSSR count). The number of ether oxygens (including phenoxy) is 1. The van der Waals surface area contributed by atoms with Gasteiger partial charge in [-0.2, -0.15) is 0 Å². The van der Waals surface area contributed by atoms with E-state index in [0.717, 1.165) is 11.3 Å². The molecule has 3 heteroatoms. The van der Waals surface area contributed by atoms with Gasteiger partial charge in [-0.3, -0.25) is 4.79 Å². The van der Waals surface area contributed by atoms with Gasteiger partial charge in [0.05, 0.1) is 0 Å². The number of hydrogen-bond acceptors (Lipinski definition) is 2. The van der Waals surface area contributed by atoms with Crippen LogP contribution in [-0.2, 0) is 10.2 Å². The molecule has 0 aliphatic rings. The molecule has 0 aliphatic carbocycles. The molecule has 0 aliphatic heterocycles. The van der Waals surface area contributed by atoms with Crippen LogP contribution >= 0.6 is 0 Å². The van der Waals surface area contributed by atoms with Gasteiger partial charge in [0.1, 0.15) is 5.75 Å². The van der Waals surface area contributed by atoms with E-state index in [9.17, 15) is 4.79 Å². The van der Waals surface area contributed by atoms with E-state index in [1.807, 2.05) is 24.3 Å². The quantitative estimate of drug-likeness (QED) is 0.805. The van der Waals surface area contributed by atoms with Crippen molar-refractivity contribution in [3.05, 3.63) is 29.8 Å². The molecule has 0 N–H and O–H groups in total. The number of carbonyl (C=O) groups is 1. The SMILES string of the molecule is CN(C)C(=O)COc1ccccc1C(C)(C)C. The number of rotatable bonds is 3. The predicted octanol–water partition coefficient (Wildman–Crippen LogP) is 2.45. The summed E-state index contributed by atoms with van der Waals surface area (Å²) in [5.74, 6) is 0.754. The Kier molecular flexibility index (Phi) is 4.16. The Bertz CT molecular complexity index is 391. The molecule has 1 aromatic carbocycles. The van der Waals surface area contributed by atoms with E-state index in [1.165, 1.54) is 4.90 Å². The fourth-order valence-corrected chi connectivity index (χ4v) is 1.48. The van der Waals surface area contributed by atoms with Crippen molar-refractivity contribution in [3.8, 4) is 5.75 Å². The molecule has 0 bridgehead atoms. The maximum atomic E-state index is 11.5. The summed E-state index contributed by atoms with van der Waals surface area (Å²) < 4.78 is 5.60. The van der Waals surface area contributed by atoms with E-state index in [2.05, 4.69) is 20.8 Å². The molecular weight excluding hydrogens is 214 g/mol. The molecule has 3 nitrogen and oxygen atoms in total. The van der Waals surface area contributed by atoms with Crippen LogP contribution in [0.1, 0.15) is 26.3 Å². The van der Waals surface area contributed by atoms with Gasteiger partial charge < -0.3 is 9.64 Å². The van der Waals surface area contributed by atoms with Gasteiger partial charge in [0, 0.05) is 14.1 Å². The monoisotopic (exact) mass is 235 g/mol. The molecule has 0 saturated carbocycles. The molecule has 0 unspecified atom stereocenters. The van der Waals surface area contributed by atoms with Gasteiger partial charge in [0.15, 0.2) is 6.61 Å². The standard InChI is InChI=1S/C14H21NO2/c1-14(2,3)11-8-6-7-9-12(11)17-10-13(16)15(4)5/h6-9H,10H2,1-5H3. The fourth-order valence-electron chi connectivity index (χ4n) is 1.48. The molecule has 0 fully saturated rings. The zero-order valence-electron chi connectivity index (χ0n) is 11.3. The van der Waals surface area contributed by atoms with Crippen molar-refractivity contribution in [2.45, 2.75) is 26.2 Å². The van der Waals surface area contributed by atoms with Gasteiger partial charge in [0.25, 0.3) is 5.91 Å². The predicted molar refractivity (Wildman–Crippen MR) is 69.3 cm³/mol. The average Bonchev–Trinajstić information content (AvgIpc) is 2.24. The summed E-state index contributed by atoms with van der Waals surface area (Å²) in [6, 6.07) is 7.85. The lowest BCUT2D eigenvalue weighted by atomic mass is 9.86. The third-order valence-corrected chi connectivity index (χ3v) is 2.55. The second-order valence-electron chi connectivity index (χ2n) is 5.32. The minimum atomic E-state index is -0.0336. The molecule has 1 aromatic rings. The maximum Gasteiger partial charge on any atom is 0.259 e. The van der Waals surface area contributed by atoms with Crippen LogP contribution in [-0.4, -0.2) is 31.5 Å². The number of para-hydroxylation sites is 1. The number of likely N-dealkylation sites (N-methyl/N-ethyl adjacent to an activating group) is 1. The molecule has 0 heterocycles. The second-order valence-corrected chi connectivity index (χ2v) is 5.32. The average molecular weight is 235 g/mol. The van der Waals surface area contributed by atoms with Crippen LogP contribution in [0.3, 0.4) is 0 Å². The summed E-state index contributed by atoms with van der Waals surface area (Å²) in [6.45, 7) is 6.47. The molecule has 0 aromatic heterocycles. The Hall–Kier alpha value is -1.51. The first-order valence-electron chi connectivity index (χ1n) is 5.75. The number of amides is 1. The number of nitrogens with zero attached hydrogens (tertiary/aromatic N) is 1. The van der Waals surface area contributed by atoms with Crippen molar-refractivity contribution in [2.75, 3.05) is 20.7 Å². The number of carbonyl (C=O) groups excluding carboxylic acids is 1. The van der Waals surface area contributed by atoms with E-state index in [0.29, 0.717) is 0 Å². The van der Waals surface area contributed by atoms with Crippen LogP contribution in [0.2, 0.25) is 0 Å². The highest BCUT2D eigenvalue weighted by Gasteiger charge is 2.18. The molecule has 17 heavy (non-hydrogen) atoms. The molecule has 94 valence electrons. The summed E-state index contributed by atoms with van der Waals surface area (Å²) in [6.07, 6.45) is 0. The van der Waals surface area contributed by atoms with Crippen LogP contribution in [0.15, 0.2) is 24.3 Å². The highest BCUT2D eigenvalue weighted by atomic mass is 16.5. The van der Waals surface area contributed by atoms with Crippen LogP contribution in [0.25, 0.3) is 0 Å². The Morgan fingerprint density at radius 3 is 2.35 bits per heavy atom. The van der Waals surface area contributed by atoms with Gasteiger partial charge >= 0.3 is 0 Å². The first-order valence-corrected chi connectivity index (χ1v) is 5.75. The summed E-state index contributed by atoms with van der Waals surface area (Å²) in [7, 11) is 3.45. The van der Waals surface area contributed by atoms with Crippen molar-refractivity contribution < 1.29 is 9.53 Å². The first-order chi connectivity index (χ1) is 7.82. The summed E-state index contributed by atoms with van der Waals surface area (Å²) in [5, 5.41) is 0. The number of hydrogen-bond donors (Lipinski definition) is 0. The van der Waals surface area contributed by atoms with E-state index >= 15 is 0 Å². The molecule has 0 spiro atoms. The second kappa shape index (κ2) is 5.21. The van der Waals surface area contributed by atoms with Crippen LogP contribution in [0.5, 0.6) is 5.75 Å². The zero-order chi connectivity index (χ0) is 13.1. The highest BCUT2D eigenvalue weighted by Crippen LogP contribution is 2.30. The van der Waals surface area contributed by atoms with Gasteiger partial charge in [-0.25, -0.2) is 0 Å². The van der Waals surface area contributed by atoms with E-state index < -0.39 is 0 Å². The molecule has 1 amide bonds.